The number of methoxy groups -OCH3 is 1. The van der Waals surface area contributed by atoms with Crippen molar-refractivity contribution < 1.29 is 4.74 Å². The lowest BCUT2D eigenvalue weighted by molar-refractivity contribution is 0.230. The van der Waals surface area contributed by atoms with Crippen LogP contribution < -0.4 is 10.1 Å². The highest BCUT2D eigenvalue weighted by atomic mass is 16.5. The summed E-state index contributed by atoms with van der Waals surface area (Å²) in [4.78, 5) is 0. The Morgan fingerprint density at radius 1 is 1.11 bits per heavy atom. The topological polar surface area (TPSA) is 21.3 Å². The minimum atomic E-state index is 0.320. The zero-order valence-electron chi connectivity index (χ0n) is 12.6. The van der Waals surface area contributed by atoms with Crippen LogP contribution in [-0.4, -0.2) is 13.7 Å². The highest BCUT2D eigenvalue weighted by Gasteiger charge is 2.22. The average Bonchev–Trinajstić information content (AvgIpc) is 2.36. The summed E-state index contributed by atoms with van der Waals surface area (Å²) in [5, 5.41) is 3.62. The molecule has 0 amide bonds. The molecule has 1 unspecified atom stereocenters. The van der Waals surface area contributed by atoms with Crippen LogP contribution in [0, 0.1) is 11.3 Å². The van der Waals surface area contributed by atoms with E-state index in [4.69, 9.17) is 4.74 Å². The van der Waals surface area contributed by atoms with E-state index < -0.39 is 0 Å². The Morgan fingerprint density at radius 3 is 2.11 bits per heavy atom. The van der Waals surface area contributed by atoms with Crippen molar-refractivity contribution in [3.05, 3.63) is 29.8 Å². The first-order chi connectivity index (χ1) is 8.36. The lowest BCUT2D eigenvalue weighted by Gasteiger charge is -2.31. The Hall–Kier alpha value is -1.02. The van der Waals surface area contributed by atoms with Crippen molar-refractivity contribution in [2.24, 2.45) is 11.3 Å². The van der Waals surface area contributed by atoms with E-state index in [-0.39, 0.29) is 0 Å². The first-order valence-corrected chi connectivity index (χ1v) is 6.74. The van der Waals surface area contributed by atoms with Crippen LogP contribution in [0.2, 0.25) is 0 Å². The molecule has 0 aliphatic rings. The average molecular weight is 249 g/mol. The number of nitrogens with one attached hydrogen (secondary N) is 1. The van der Waals surface area contributed by atoms with Gasteiger partial charge >= 0.3 is 0 Å². The summed E-state index contributed by atoms with van der Waals surface area (Å²) in [6.07, 6.45) is 0. The maximum Gasteiger partial charge on any atom is 0.118 e. The molecule has 1 atom stereocenters. The van der Waals surface area contributed by atoms with Crippen LogP contribution in [0.4, 0.5) is 0 Å². The van der Waals surface area contributed by atoms with E-state index >= 15 is 0 Å². The Balaban J connectivity index is 2.57. The maximum absolute atomic E-state index is 5.17. The van der Waals surface area contributed by atoms with Gasteiger partial charge < -0.3 is 10.1 Å². The maximum atomic E-state index is 5.17. The van der Waals surface area contributed by atoms with Crippen molar-refractivity contribution in [2.45, 2.75) is 40.7 Å². The Bertz CT molecular complexity index is 354. The molecule has 2 nitrogen and oxygen atoms in total. The van der Waals surface area contributed by atoms with E-state index in [1.807, 2.05) is 12.1 Å². The molecule has 102 valence electrons. The first-order valence-electron chi connectivity index (χ1n) is 6.74. The number of benzene rings is 1. The second kappa shape index (κ2) is 6.24. The van der Waals surface area contributed by atoms with Crippen molar-refractivity contribution in [3.63, 3.8) is 0 Å². The second-order valence-corrected chi connectivity index (χ2v) is 6.02. The van der Waals surface area contributed by atoms with Crippen molar-refractivity contribution in [2.75, 3.05) is 13.7 Å². The zero-order chi connectivity index (χ0) is 13.8. The van der Waals surface area contributed by atoms with Gasteiger partial charge in [0, 0.05) is 12.6 Å². The molecular formula is C16H27NO. The quantitative estimate of drug-likeness (QED) is 0.822. The minimum Gasteiger partial charge on any atom is -0.497 e. The van der Waals surface area contributed by atoms with Crippen LogP contribution >= 0.6 is 0 Å². The molecule has 0 saturated heterocycles. The Morgan fingerprint density at radius 2 is 1.67 bits per heavy atom. The molecule has 0 radical (unpaired) electrons. The molecule has 0 saturated carbocycles. The largest absolute Gasteiger partial charge is 0.497 e. The van der Waals surface area contributed by atoms with Gasteiger partial charge in [0.15, 0.2) is 0 Å². The summed E-state index contributed by atoms with van der Waals surface area (Å²) in [6, 6.07) is 8.65. The first kappa shape index (κ1) is 15.0. The van der Waals surface area contributed by atoms with Gasteiger partial charge in [0.2, 0.25) is 0 Å². The predicted molar refractivity (Wildman–Crippen MR) is 78.0 cm³/mol. The molecule has 0 aliphatic carbocycles. The SMILES string of the molecule is COc1ccc(C(C)NCC(C)(C)C(C)C)cc1. The summed E-state index contributed by atoms with van der Waals surface area (Å²) in [5.74, 6) is 1.58. The van der Waals surface area contributed by atoms with Gasteiger partial charge in [0.1, 0.15) is 5.75 Å². The van der Waals surface area contributed by atoms with E-state index in [1.165, 1.54) is 5.56 Å². The van der Waals surface area contributed by atoms with Gasteiger partial charge in [-0.15, -0.1) is 0 Å². The van der Waals surface area contributed by atoms with Gasteiger partial charge in [-0.2, -0.15) is 0 Å². The summed E-state index contributed by atoms with van der Waals surface area (Å²) in [5.41, 5.74) is 1.62. The molecular weight excluding hydrogens is 222 g/mol. The van der Waals surface area contributed by atoms with Crippen molar-refractivity contribution >= 4 is 0 Å². The number of hydrogen-bond acceptors (Lipinski definition) is 2. The van der Waals surface area contributed by atoms with Crippen molar-refractivity contribution in [1.29, 1.82) is 0 Å². The van der Waals surface area contributed by atoms with Crippen LogP contribution in [0.15, 0.2) is 24.3 Å². The standard InChI is InChI=1S/C16H27NO/c1-12(2)16(4,5)11-17-13(3)14-7-9-15(18-6)10-8-14/h7-10,12-13,17H,11H2,1-6H3. The van der Waals surface area contributed by atoms with Crippen LogP contribution in [0.1, 0.15) is 46.2 Å². The third-order valence-corrected chi connectivity index (χ3v) is 4.04. The van der Waals surface area contributed by atoms with Gasteiger partial charge in [-0.25, -0.2) is 0 Å². The van der Waals surface area contributed by atoms with Crippen molar-refractivity contribution in [1.82, 2.24) is 5.32 Å². The fraction of sp³-hybridized carbons (Fsp3) is 0.625. The van der Waals surface area contributed by atoms with E-state index in [1.54, 1.807) is 7.11 Å². The summed E-state index contributed by atoms with van der Waals surface area (Å²) >= 11 is 0. The second-order valence-electron chi connectivity index (χ2n) is 6.02. The normalized spacial score (nSPS) is 13.7. The van der Waals surface area contributed by atoms with E-state index in [2.05, 4.69) is 52.1 Å². The molecule has 2 heteroatoms. The minimum absolute atomic E-state index is 0.320. The molecule has 0 spiro atoms. The summed E-state index contributed by atoms with van der Waals surface area (Å²) in [6.45, 7) is 12.4. The lowest BCUT2D eigenvalue weighted by atomic mass is 9.81. The van der Waals surface area contributed by atoms with E-state index in [0.717, 1.165) is 12.3 Å². The summed E-state index contributed by atoms with van der Waals surface area (Å²) in [7, 11) is 1.70. The molecule has 0 heterocycles. The van der Waals surface area contributed by atoms with Crippen LogP contribution in [0.3, 0.4) is 0 Å². The molecule has 0 fully saturated rings. The van der Waals surface area contributed by atoms with Crippen LogP contribution in [-0.2, 0) is 0 Å². The van der Waals surface area contributed by atoms with Gasteiger partial charge in [-0.1, -0.05) is 39.8 Å². The molecule has 1 aromatic carbocycles. The van der Waals surface area contributed by atoms with E-state index in [9.17, 15) is 0 Å². The fourth-order valence-electron chi connectivity index (χ4n) is 1.63. The summed E-state index contributed by atoms with van der Waals surface area (Å²) < 4.78 is 5.17. The molecule has 0 aromatic heterocycles. The molecule has 0 bridgehead atoms. The monoisotopic (exact) mass is 249 g/mol. The van der Waals surface area contributed by atoms with Gasteiger partial charge in [0.25, 0.3) is 0 Å². The molecule has 1 N–H and O–H groups in total. The van der Waals surface area contributed by atoms with E-state index in [0.29, 0.717) is 17.4 Å². The highest BCUT2D eigenvalue weighted by molar-refractivity contribution is 5.28. The number of rotatable bonds is 6. The molecule has 0 aliphatic heterocycles. The van der Waals surface area contributed by atoms with Crippen molar-refractivity contribution in [3.8, 4) is 5.75 Å². The zero-order valence-corrected chi connectivity index (χ0v) is 12.6. The third-order valence-electron chi connectivity index (χ3n) is 4.04. The fourth-order valence-corrected chi connectivity index (χ4v) is 1.63. The van der Waals surface area contributed by atoms with Crippen LogP contribution in [0.5, 0.6) is 5.75 Å². The number of hydrogen-bond donors (Lipinski definition) is 1. The Labute approximate surface area is 112 Å². The van der Waals surface area contributed by atoms with Crippen LogP contribution in [0.25, 0.3) is 0 Å². The van der Waals surface area contributed by atoms with Gasteiger partial charge in [-0.05, 0) is 36.0 Å². The number of ether oxygens (including phenoxy) is 1. The smallest absolute Gasteiger partial charge is 0.118 e. The molecule has 1 rings (SSSR count). The highest BCUT2D eigenvalue weighted by Crippen LogP contribution is 2.26. The lowest BCUT2D eigenvalue weighted by Crippen LogP contribution is -2.34. The van der Waals surface area contributed by atoms with Gasteiger partial charge in [-0.3, -0.25) is 0 Å². The predicted octanol–water partition coefficient (Wildman–Crippen LogP) is 4.03. The molecule has 18 heavy (non-hydrogen) atoms. The third kappa shape index (κ3) is 4.02. The molecule has 1 aromatic rings. The van der Waals surface area contributed by atoms with Gasteiger partial charge in [0.05, 0.1) is 7.11 Å². The Kier molecular flexibility index (Phi) is 5.21.